The van der Waals surface area contributed by atoms with Gasteiger partial charge >= 0.3 is 0 Å². The van der Waals surface area contributed by atoms with Crippen molar-refractivity contribution < 1.29 is 5.11 Å². The minimum Gasteiger partial charge on any atom is -0.391 e. The number of rotatable bonds is 3. The average Bonchev–Trinajstić information content (AvgIpc) is 2.22. The van der Waals surface area contributed by atoms with Crippen molar-refractivity contribution in [3.05, 3.63) is 12.7 Å². The lowest BCUT2D eigenvalue weighted by Crippen LogP contribution is -2.26. The Bertz CT molecular complexity index is 165. The average molecular weight is 169 g/mol. The molecule has 0 aromatic heterocycles. The summed E-state index contributed by atoms with van der Waals surface area (Å²) in [6.45, 7) is 10.8. The number of hydrogen-bond donors (Lipinski definition) is 1. The molecule has 1 aliphatic rings. The van der Waals surface area contributed by atoms with E-state index in [4.69, 9.17) is 0 Å². The molecule has 0 saturated carbocycles. The fraction of sp³-hybridized carbons (Fsp3) is 0.800. The number of nitrogens with zero attached hydrogens (tertiary/aromatic N) is 1. The van der Waals surface area contributed by atoms with Crippen LogP contribution in [0.3, 0.4) is 0 Å². The summed E-state index contributed by atoms with van der Waals surface area (Å²) in [4.78, 5) is 2.30. The Morgan fingerprint density at radius 2 is 2.33 bits per heavy atom. The largest absolute Gasteiger partial charge is 0.391 e. The third-order valence-corrected chi connectivity index (χ3v) is 2.61. The molecule has 0 aliphatic carbocycles. The number of likely N-dealkylation sites (tertiary alicyclic amines) is 1. The highest BCUT2D eigenvalue weighted by Gasteiger charge is 2.37. The molecule has 0 radical (unpaired) electrons. The summed E-state index contributed by atoms with van der Waals surface area (Å²) in [7, 11) is 0. The summed E-state index contributed by atoms with van der Waals surface area (Å²) >= 11 is 0. The van der Waals surface area contributed by atoms with E-state index in [2.05, 4.69) is 25.3 Å². The van der Waals surface area contributed by atoms with Gasteiger partial charge in [0.05, 0.1) is 6.10 Å². The molecule has 1 rings (SSSR count). The Labute approximate surface area is 74.9 Å². The van der Waals surface area contributed by atoms with Gasteiger partial charge in [0.25, 0.3) is 0 Å². The van der Waals surface area contributed by atoms with E-state index in [-0.39, 0.29) is 11.5 Å². The summed E-state index contributed by atoms with van der Waals surface area (Å²) in [6, 6.07) is 0. The van der Waals surface area contributed by atoms with Crippen LogP contribution in [-0.4, -0.2) is 35.7 Å². The van der Waals surface area contributed by atoms with Crippen LogP contribution in [0, 0.1) is 5.41 Å². The number of β-amino-alcohol motifs (C(OH)–C–C–N with tert-alkyl or cyclic N) is 1. The van der Waals surface area contributed by atoms with Gasteiger partial charge in [-0.25, -0.2) is 0 Å². The molecule has 0 aromatic rings. The highest BCUT2D eigenvalue weighted by Crippen LogP contribution is 2.29. The van der Waals surface area contributed by atoms with Gasteiger partial charge in [0.2, 0.25) is 0 Å². The van der Waals surface area contributed by atoms with E-state index < -0.39 is 0 Å². The second kappa shape index (κ2) is 3.58. The molecular weight excluding hydrogens is 150 g/mol. The van der Waals surface area contributed by atoms with Crippen LogP contribution in [0.2, 0.25) is 0 Å². The maximum Gasteiger partial charge on any atom is 0.0730 e. The zero-order valence-electron chi connectivity index (χ0n) is 8.08. The standard InChI is InChI=1S/C10H19NO/c1-4-5-6-11-7-9(12)10(2,3)8-11/h4,9,12H,1,5-8H2,2-3H3. The molecule has 0 amide bonds. The number of hydrogen-bond acceptors (Lipinski definition) is 2. The van der Waals surface area contributed by atoms with E-state index in [1.165, 1.54) is 0 Å². The first kappa shape index (κ1) is 9.75. The molecule has 1 fully saturated rings. The van der Waals surface area contributed by atoms with Crippen LogP contribution in [0.5, 0.6) is 0 Å². The van der Waals surface area contributed by atoms with Crippen molar-refractivity contribution in [1.82, 2.24) is 4.90 Å². The first-order chi connectivity index (χ1) is 5.56. The van der Waals surface area contributed by atoms with Crippen LogP contribution in [0.4, 0.5) is 0 Å². The molecular formula is C10H19NO. The van der Waals surface area contributed by atoms with Crippen molar-refractivity contribution in [3.63, 3.8) is 0 Å². The molecule has 1 saturated heterocycles. The van der Waals surface area contributed by atoms with Gasteiger partial charge in [-0.2, -0.15) is 0 Å². The summed E-state index contributed by atoms with van der Waals surface area (Å²) < 4.78 is 0. The van der Waals surface area contributed by atoms with Crippen molar-refractivity contribution in [1.29, 1.82) is 0 Å². The van der Waals surface area contributed by atoms with Gasteiger partial charge in [0.1, 0.15) is 0 Å². The van der Waals surface area contributed by atoms with Gasteiger partial charge in [-0.15, -0.1) is 6.58 Å². The van der Waals surface area contributed by atoms with Crippen LogP contribution >= 0.6 is 0 Å². The highest BCUT2D eigenvalue weighted by atomic mass is 16.3. The fourth-order valence-electron chi connectivity index (χ4n) is 1.68. The smallest absolute Gasteiger partial charge is 0.0730 e. The zero-order valence-corrected chi connectivity index (χ0v) is 8.08. The second-order valence-corrected chi connectivity index (χ2v) is 4.32. The Hall–Kier alpha value is -0.340. The lowest BCUT2D eigenvalue weighted by atomic mass is 9.90. The van der Waals surface area contributed by atoms with E-state index >= 15 is 0 Å². The van der Waals surface area contributed by atoms with Gasteiger partial charge in [-0.05, 0) is 6.42 Å². The molecule has 1 heterocycles. The summed E-state index contributed by atoms with van der Waals surface area (Å²) in [6.07, 6.45) is 2.78. The lowest BCUT2D eigenvalue weighted by Gasteiger charge is -2.20. The zero-order chi connectivity index (χ0) is 9.19. The second-order valence-electron chi connectivity index (χ2n) is 4.32. The Morgan fingerprint density at radius 3 is 2.75 bits per heavy atom. The van der Waals surface area contributed by atoms with Gasteiger partial charge in [0.15, 0.2) is 0 Å². The van der Waals surface area contributed by atoms with Crippen molar-refractivity contribution in [2.24, 2.45) is 5.41 Å². The van der Waals surface area contributed by atoms with Gasteiger partial charge in [-0.1, -0.05) is 19.9 Å². The predicted molar refractivity (Wildman–Crippen MR) is 51.0 cm³/mol. The molecule has 70 valence electrons. The molecule has 2 nitrogen and oxygen atoms in total. The molecule has 1 unspecified atom stereocenters. The maximum atomic E-state index is 9.66. The van der Waals surface area contributed by atoms with Crippen molar-refractivity contribution in [2.75, 3.05) is 19.6 Å². The monoisotopic (exact) mass is 169 g/mol. The van der Waals surface area contributed by atoms with Gasteiger partial charge < -0.3 is 5.11 Å². The molecule has 12 heavy (non-hydrogen) atoms. The molecule has 1 atom stereocenters. The molecule has 2 heteroatoms. The minimum atomic E-state index is -0.165. The van der Waals surface area contributed by atoms with Crippen LogP contribution in [0.1, 0.15) is 20.3 Å². The highest BCUT2D eigenvalue weighted by molar-refractivity contribution is 4.91. The molecule has 1 N–H and O–H groups in total. The summed E-state index contributed by atoms with van der Waals surface area (Å²) in [5, 5.41) is 9.66. The number of aliphatic hydroxyl groups excluding tert-OH is 1. The van der Waals surface area contributed by atoms with Gasteiger partial charge in [0, 0.05) is 25.0 Å². The van der Waals surface area contributed by atoms with E-state index in [0.717, 1.165) is 26.1 Å². The van der Waals surface area contributed by atoms with Crippen LogP contribution in [0.15, 0.2) is 12.7 Å². The maximum absolute atomic E-state index is 9.66. The number of aliphatic hydroxyl groups is 1. The predicted octanol–water partition coefficient (Wildman–Crippen LogP) is 1.27. The summed E-state index contributed by atoms with van der Waals surface area (Å²) in [5.41, 5.74) is 0.0706. The SMILES string of the molecule is C=CCCN1CC(O)C(C)(C)C1. The Morgan fingerprint density at radius 1 is 1.67 bits per heavy atom. The molecule has 0 bridgehead atoms. The molecule has 0 aromatic carbocycles. The summed E-state index contributed by atoms with van der Waals surface area (Å²) in [5.74, 6) is 0. The van der Waals surface area contributed by atoms with Crippen molar-refractivity contribution in [2.45, 2.75) is 26.4 Å². The fourth-order valence-corrected chi connectivity index (χ4v) is 1.68. The van der Waals surface area contributed by atoms with Crippen LogP contribution in [0.25, 0.3) is 0 Å². The molecule has 0 spiro atoms. The quantitative estimate of drug-likeness (QED) is 0.643. The first-order valence-corrected chi connectivity index (χ1v) is 4.57. The lowest BCUT2D eigenvalue weighted by molar-refractivity contribution is 0.0955. The third kappa shape index (κ3) is 2.08. The van der Waals surface area contributed by atoms with E-state index in [1.807, 2.05) is 6.08 Å². The van der Waals surface area contributed by atoms with E-state index in [9.17, 15) is 5.11 Å². The topological polar surface area (TPSA) is 23.5 Å². The van der Waals surface area contributed by atoms with Gasteiger partial charge in [-0.3, -0.25) is 4.90 Å². The van der Waals surface area contributed by atoms with Crippen molar-refractivity contribution in [3.8, 4) is 0 Å². The van der Waals surface area contributed by atoms with Crippen LogP contribution < -0.4 is 0 Å². The molecule has 1 aliphatic heterocycles. The van der Waals surface area contributed by atoms with E-state index in [0.29, 0.717) is 0 Å². The van der Waals surface area contributed by atoms with Crippen molar-refractivity contribution >= 4 is 0 Å². The Balaban J connectivity index is 2.38. The van der Waals surface area contributed by atoms with Crippen LogP contribution in [-0.2, 0) is 0 Å². The third-order valence-electron chi connectivity index (χ3n) is 2.61. The minimum absolute atomic E-state index is 0.0706. The first-order valence-electron chi connectivity index (χ1n) is 4.57. The van der Waals surface area contributed by atoms with E-state index in [1.54, 1.807) is 0 Å². The normalized spacial score (nSPS) is 29.1. The Kier molecular flexibility index (Phi) is 2.91.